The third kappa shape index (κ3) is 6.86. The summed E-state index contributed by atoms with van der Waals surface area (Å²) in [5, 5.41) is 23.8. The van der Waals surface area contributed by atoms with Crippen LogP contribution in [0.2, 0.25) is 0 Å². The highest BCUT2D eigenvalue weighted by Gasteiger charge is 2.28. The molecule has 0 spiro atoms. The van der Waals surface area contributed by atoms with Gasteiger partial charge in [0.2, 0.25) is 5.89 Å². The Labute approximate surface area is 311 Å². The summed E-state index contributed by atoms with van der Waals surface area (Å²) in [5.41, 5.74) is 8.32. The van der Waals surface area contributed by atoms with Gasteiger partial charge >= 0.3 is 5.97 Å². The van der Waals surface area contributed by atoms with Gasteiger partial charge in [0, 0.05) is 81.5 Å². The molecule has 2 aromatic carbocycles. The number of β-amino-alcohol motifs (C(OH)–C–C–N with tert-alkyl or cyclic N) is 1. The van der Waals surface area contributed by atoms with E-state index in [2.05, 4.69) is 50.2 Å². The summed E-state index contributed by atoms with van der Waals surface area (Å²) >= 11 is 0. The van der Waals surface area contributed by atoms with Crippen LogP contribution in [0.1, 0.15) is 29.5 Å². The van der Waals surface area contributed by atoms with Crippen molar-refractivity contribution in [3.8, 4) is 22.6 Å². The number of aromatic nitrogens is 4. The van der Waals surface area contributed by atoms with Gasteiger partial charge in [0.25, 0.3) is 0 Å². The third-order valence-corrected chi connectivity index (χ3v) is 10.8. The van der Waals surface area contributed by atoms with E-state index in [0.29, 0.717) is 61.9 Å². The van der Waals surface area contributed by atoms with E-state index in [9.17, 15) is 15.0 Å². The second-order valence-corrected chi connectivity index (χ2v) is 14.4. The lowest BCUT2D eigenvalue weighted by atomic mass is 9.93. The van der Waals surface area contributed by atoms with Crippen LogP contribution in [-0.4, -0.2) is 91.4 Å². The third-order valence-electron chi connectivity index (χ3n) is 10.8. The SMILES string of the molecule is CN=c1c2nc(-c3cccc(-c4cccc(Nc5nccc6cc(CN7CC[C@@H](O)C7)cnc56)c4C)c3C)oc2c(F)cn1CCN1CC[C@@H](C(=O)O)C1. The summed E-state index contributed by atoms with van der Waals surface area (Å²) in [5.74, 6) is -0.734. The molecule has 6 aromatic rings. The normalized spacial score (nSPS) is 18.4. The van der Waals surface area contributed by atoms with Crippen LogP contribution in [-0.2, 0) is 17.9 Å². The number of carboxylic acids is 1. The van der Waals surface area contributed by atoms with Crippen LogP contribution in [0, 0.1) is 25.6 Å². The van der Waals surface area contributed by atoms with E-state index in [4.69, 9.17) is 14.4 Å². The van der Waals surface area contributed by atoms with Crippen LogP contribution in [0.4, 0.5) is 15.9 Å². The molecule has 8 rings (SSSR count). The monoisotopic (exact) mass is 730 g/mol. The Kier molecular flexibility index (Phi) is 9.69. The highest BCUT2D eigenvalue weighted by Crippen LogP contribution is 2.37. The number of anilines is 2. The number of hydrogen-bond acceptors (Lipinski definition) is 10. The van der Waals surface area contributed by atoms with Crippen molar-refractivity contribution in [2.75, 3.05) is 45.1 Å². The van der Waals surface area contributed by atoms with Crippen LogP contribution in [0.15, 0.2) is 76.5 Å². The molecule has 12 nitrogen and oxygen atoms in total. The zero-order chi connectivity index (χ0) is 37.5. The minimum absolute atomic E-state index is 0.0410. The number of aliphatic hydroxyl groups excluding tert-OH is 1. The zero-order valence-electron chi connectivity index (χ0n) is 30.6. The maximum Gasteiger partial charge on any atom is 0.307 e. The van der Waals surface area contributed by atoms with Crippen molar-refractivity contribution in [2.24, 2.45) is 10.9 Å². The number of hydrogen-bond donors (Lipinski definition) is 3. The molecule has 2 aliphatic rings. The number of aliphatic carboxylic acids is 1. The number of carboxylic acid groups (broad SMARTS) is 1. The fraction of sp³-hybridized carbons (Fsp3) is 0.341. The summed E-state index contributed by atoms with van der Waals surface area (Å²) in [6.07, 6.45) is 6.21. The van der Waals surface area contributed by atoms with Crippen LogP contribution < -0.4 is 10.8 Å². The Morgan fingerprint density at radius 2 is 1.76 bits per heavy atom. The fourth-order valence-electron chi connectivity index (χ4n) is 7.88. The van der Waals surface area contributed by atoms with Gasteiger partial charge in [-0.3, -0.25) is 19.7 Å². The lowest BCUT2D eigenvalue weighted by Crippen LogP contribution is -2.31. The first kappa shape index (κ1) is 35.5. The molecule has 4 aromatic heterocycles. The number of likely N-dealkylation sites (tertiary alicyclic amines) is 2. The Balaban J connectivity index is 1.06. The number of halogens is 1. The Morgan fingerprint density at radius 1 is 0.981 bits per heavy atom. The zero-order valence-corrected chi connectivity index (χ0v) is 30.6. The maximum atomic E-state index is 15.6. The van der Waals surface area contributed by atoms with Crippen LogP contribution in [0.25, 0.3) is 44.6 Å². The van der Waals surface area contributed by atoms with Crippen LogP contribution in [0.3, 0.4) is 0 Å². The summed E-state index contributed by atoms with van der Waals surface area (Å²) in [6, 6.07) is 16.1. The molecule has 0 amide bonds. The van der Waals surface area contributed by atoms with Crippen molar-refractivity contribution in [3.05, 3.63) is 95.1 Å². The van der Waals surface area contributed by atoms with Crippen LogP contribution >= 0.6 is 0 Å². The molecule has 6 heterocycles. The Morgan fingerprint density at radius 3 is 2.52 bits per heavy atom. The largest absolute Gasteiger partial charge is 0.481 e. The number of benzene rings is 2. The van der Waals surface area contributed by atoms with Gasteiger partial charge in [-0.1, -0.05) is 24.3 Å². The quantitative estimate of drug-likeness (QED) is 0.156. The summed E-state index contributed by atoms with van der Waals surface area (Å²) in [6.45, 7) is 8.55. The second kappa shape index (κ2) is 14.7. The fourth-order valence-corrected chi connectivity index (χ4v) is 7.88. The minimum atomic E-state index is -0.780. The van der Waals surface area contributed by atoms with Gasteiger partial charge in [-0.25, -0.2) is 14.4 Å². The molecular weight excluding hydrogens is 688 g/mol. The number of fused-ring (bicyclic) bond motifs is 2. The van der Waals surface area contributed by atoms with Crippen molar-refractivity contribution in [1.29, 1.82) is 0 Å². The van der Waals surface area contributed by atoms with Gasteiger partial charge in [-0.15, -0.1) is 0 Å². The van der Waals surface area contributed by atoms with Crippen molar-refractivity contribution >= 4 is 39.5 Å². The van der Waals surface area contributed by atoms with Gasteiger partial charge in [-0.05, 0) is 85.3 Å². The molecule has 0 unspecified atom stereocenters. The van der Waals surface area contributed by atoms with Crippen LogP contribution in [0.5, 0.6) is 0 Å². The van der Waals surface area contributed by atoms with E-state index in [1.54, 1.807) is 17.8 Å². The number of nitrogens with zero attached hydrogens (tertiary/aromatic N) is 7. The molecule has 0 aliphatic carbocycles. The predicted octanol–water partition coefficient (Wildman–Crippen LogP) is 5.91. The van der Waals surface area contributed by atoms with E-state index < -0.39 is 11.8 Å². The lowest BCUT2D eigenvalue weighted by molar-refractivity contribution is -0.141. The molecule has 0 radical (unpaired) electrons. The Bertz CT molecular complexity index is 2460. The number of pyridine rings is 3. The van der Waals surface area contributed by atoms with E-state index in [-0.39, 0.29) is 17.6 Å². The lowest BCUT2D eigenvalue weighted by Gasteiger charge is -2.17. The molecular formula is C41H43FN8O4. The molecule has 2 atom stereocenters. The number of aliphatic hydroxyl groups is 1. The van der Waals surface area contributed by atoms with E-state index in [1.165, 1.54) is 6.20 Å². The van der Waals surface area contributed by atoms with Gasteiger partial charge in [0.1, 0.15) is 5.52 Å². The van der Waals surface area contributed by atoms with Gasteiger partial charge < -0.3 is 29.4 Å². The molecule has 54 heavy (non-hydrogen) atoms. The molecule has 13 heteroatoms. The summed E-state index contributed by atoms with van der Waals surface area (Å²) in [7, 11) is 1.65. The van der Waals surface area contributed by atoms with Gasteiger partial charge in [0.15, 0.2) is 28.2 Å². The van der Waals surface area contributed by atoms with E-state index >= 15 is 4.39 Å². The number of rotatable bonds is 10. The van der Waals surface area contributed by atoms with E-state index in [0.717, 1.165) is 69.5 Å². The molecule has 0 bridgehead atoms. The van der Waals surface area contributed by atoms with Crippen molar-refractivity contribution < 1.29 is 23.8 Å². The predicted molar refractivity (Wildman–Crippen MR) is 205 cm³/mol. The number of nitrogens with one attached hydrogen (secondary N) is 1. The average molecular weight is 731 g/mol. The first-order valence-corrected chi connectivity index (χ1v) is 18.4. The molecule has 3 N–H and O–H groups in total. The second-order valence-electron chi connectivity index (χ2n) is 14.4. The molecule has 278 valence electrons. The average Bonchev–Trinajstić information content (AvgIpc) is 3.93. The minimum Gasteiger partial charge on any atom is -0.481 e. The standard InChI is InChI=1S/C41H43FN8O4/c1-24-30(31-7-5-9-34(25(31)2)46-38-35-27(10-13-44-38)18-26(19-45-35)20-49-15-12-29(51)22-49)6-4-8-32(24)40-47-36-37(54-40)33(42)23-50(39(36)43-3)17-16-48-14-11-28(21-48)41(52)53/h4-10,13,18-19,23,28-29,51H,11-12,14-17,20-22H2,1-3H3,(H,44,46)(H,52,53)/t28-,29-/m1/s1. The van der Waals surface area contributed by atoms with E-state index in [1.807, 2.05) is 43.5 Å². The molecule has 0 saturated carbocycles. The summed E-state index contributed by atoms with van der Waals surface area (Å²) < 4.78 is 23.4. The Hall–Kier alpha value is -5.50. The van der Waals surface area contributed by atoms with Gasteiger partial charge in [0.05, 0.1) is 12.0 Å². The number of carbonyl (C=O) groups is 1. The van der Waals surface area contributed by atoms with Crippen molar-refractivity contribution in [3.63, 3.8) is 0 Å². The first-order chi connectivity index (χ1) is 26.2. The summed E-state index contributed by atoms with van der Waals surface area (Å²) in [4.78, 5) is 34.4. The van der Waals surface area contributed by atoms with Gasteiger partial charge in [-0.2, -0.15) is 0 Å². The smallest absolute Gasteiger partial charge is 0.307 e. The first-order valence-electron chi connectivity index (χ1n) is 18.4. The maximum absolute atomic E-state index is 15.6. The van der Waals surface area contributed by atoms with Crippen molar-refractivity contribution in [1.82, 2.24) is 29.3 Å². The highest BCUT2D eigenvalue weighted by molar-refractivity contribution is 5.91. The topological polar surface area (TPSA) is 145 Å². The molecule has 2 fully saturated rings. The van der Waals surface area contributed by atoms with Crippen molar-refractivity contribution in [2.45, 2.75) is 45.9 Å². The number of oxazole rings is 1. The molecule has 2 aliphatic heterocycles. The highest BCUT2D eigenvalue weighted by atomic mass is 19.1. The molecule has 2 saturated heterocycles.